The second kappa shape index (κ2) is 9.44. The minimum Gasteiger partial charge on any atom is -0.507 e. The van der Waals surface area contributed by atoms with Crippen molar-refractivity contribution in [2.75, 3.05) is 12.3 Å². The maximum absolute atomic E-state index is 12.2. The molecule has 29 heavy (non-hydrogen) atoms. The van der Waals surface area contributed by atoms with Crippen molar-refractivity contribution in [2.45, 2.75) is 57.5 Å². The molecular weight excluding hydrogens is 382 g/mol. The normalized spacial score (nSPS) is 12.3. The average Bonchev–Trinajstić information content (AvgIpc) is 2.63. The van der Waals surface area contributed by atoms with E-state index in [2.05, 4.69) is 56.8 Å². The lowest BCUT2D eigenvalue weighted by Gasteiger charge is -2.27. The fourth-order valence-corrected chi connectivity index (χ4v) is 3.46. The number of benzene rings is 1. The number of aromatic nitrogens is 2. The molecule has 0 unspecified atom stereocenters. The number of hydrogen-bond acceptors (Lipinski definition) is 5. The van der Waals surface area contributed by atoms with Gasteiger partial charge in [0.1, 0.15) is 5.75 Å². The van der Waals surface area contributed by atoms with Crippen LogP contribution in [0.15, 0.2) is 41.8 Å². The molecule has 6 heteroatoms. The molecule has 5 nitrogen and oxygen atoms in total. The van der Waals surface area contributed by atoms with Gasteiger partial charge >= 0.3 is 0 Å². The second-order valence-corrected chi connectivity index (χ2v) is 10.0. The van der Waals surface area contributed by atoms with Crippen LogP contribution in [0.25, 0.3) is 6.08 Å². The third-order valence-corrected chi connectivity index (χ3v) is 5.23. The Morgan fingerprint density at radius 1 is 1.07 bits per heavy atom. The van der Waals surface area contributed by atoms with E-state index in [1.54, 1.807) is 24.5 Å². The van der Waals surface area contributed by atoms with E-state index in [-0.39, 0.29) is 16.7 Å². The van der Waals surface area contributed by atoms with E-state index < -0.39 is 0 Å². The third-order valence-electron chi connectivity index (χ3n) is 4.35. The molecule has 0 aliphatic rings. The van der Waals surface area contributed by atoms with Crippen molar-refractivity contribution in [1.29, 1.82) is 0 Å². The largest absolute Gasteiger partial charge is 0.507 e. The van der Waals surface area contributed by atoms with Crippen LogP contribution in [-0.4, -0.2) is 33.3 Å². The van der Waals surface area contributed by atoms with E-state index in [0.29, 0.717) is 23.2 Å². The Morgan fingerprint density at radius 2 is 1.62 bits per heavy atom. The smallest absolute Gasteiger partial charge is 0.244 e. The summed E-state index contributed by atoms with van der Waals surface area (Å²) in [5, 5.41) is 14.4. The van der Waals surface area contributed by atoms with Gasteiger partial charge in [-0.1, -0.05) is 53.3 Å². The molecule has 1 aromatic heterocycles. The van der Waals surface area contributed by atoms with Gasteiger partial charge in [-0.15, -0.1) is 0 Å². The number of amides is 1. The molecular formula is C23H31N3O2S. The number of hydrogen-bond donors (Lipinski definition) is 2. The van der Waals surface area contributed by atoms with Crippen LogP contribution < -0.4 is 5.32 Å². The number of nitrogens with zero attached hydrogens (tertiary/aromatic N) is 2. The summed E-state index contributed by atoms with van der Waals surface area (Å²) in [5.41, 5.74) is 2.26. The number of carbonyl (C=O) groups excluding carboxylic acids is 1. The fraction of sp³-hybridized carbons (Fsp3) is 0.435. The van der Waals surface area contributed by atoms with E-state index in [0.717, 1.165) is 16.7 Å². The van der Waals surface area contributed by atoms with Gasteiger partial charge in [-0.3, -0.25) is 4.79 Å². The van der Waals surface area contributed by atoms with Gasteiger partial charge in [0.15, 0.2) is 5.16 Å². The number of phenolic OH excluding ortho intramolecular Hbond substituents is 1. The first kappa shape index (κ1) is 22.9. The molecule has 1 heterocycles. The van der Waals surface area contributed by atoms with Gasteiger partial charge in [0, 0.05) is 41.9 Å². The monoisotopic (exact) mass is 413 g/mol. The van der Waals surface area contributed by atoms with Crippen LogP contribution in [0.2, 0.25) is 0 Å². The Kier molecular flexibility index (Phi) is 7.47. The molecule has 0 aliphatic carbocycles. The Hall–Kier alpha value is -2.34. The number of nitrogens with one attached hydrogen (secondary N) is 1. The Morgan fingerprint density at radius 3 is 2.14 bits per heavy atom. The summed E-state index contributed by atoms with van der Waals surface area (Å²) >= 11 is 1.50. The number of rotatable bonds is 6. The van der Waals surface area contributed by atoms with Crippen molar-refractivity contribution in [3.8, 4) is 5.75 Å². The SMILES string of the molecule is CC(C)(C)c1cc(/C=C/C(=O)NCCSc2ncccn2)cc(C(C)(C)C)c1O. The van der Waals surface area contributed by atoms with Crippen LogP contribution in [0, 0.1) is 0 Å². The molecule has 2 aromatic rings. The molecule has 1 amide bonds. The zero-order valence-corrected chi connectivity index (χ0v) is 18.9. The Labute approximate surface area is 178 Å². The molecule has 0 atom stereocenters. The lowest BCUT2D eigenvalue weighted by Crippen LogP contribution is -2.23. The van der Waals surface area contributed by atoms with E-state index in [1.807, 2.05) is 12.1 Å². The molecule has 0 fully saturated rings. The molecule has 1 aromatic carbocycles. The topological polar surface area (TPSA) is 75.1 Å². The number of thioether (sulfide) groups is 1. The third kappa shape index (κ3) is 6.89. The molecule has 0 saturated carbocycles. The van der Waals surface area contributed by atoms with Gasteiger partial charge in [-0.2, -0.15) is 0 Å². The van der Waals surface area contributed by atoms with Gasteiger partial charge in [0.2, 0.25) is 5.91 Å². The number of carbonyl (C=O) groups is 1. The van der Waals surface area contributed by atoms with Gasteiger partial charge in [0.05, 0.1) is 0 Å². The van der Waals surface area contributed by atoms with E-state index in [4.69, 9.17) is 0 Å². The average molecular weight is 414 g/mol. The number of aromatic hydroxyl groups is 1. The van der Waals surface area contributed by atoms with Crippen LogP contribution in [0.3, 0.4) is 0 Å². The van der Waals surface area contributed by atoms with E-state index in [9.17, 15) is 9.90 Å². The molecule has 0 spiro atoms. The highest BCUT2D eigenvalue weighted by atomic mass is 32.2. The molecule has 0 bridgehead atoms. The lowest BCUT2D eigenvalue weighted by molar-refractivity contribution is -0.116. The molecule has 0 aliphatic heterocycles. The summed E-state index contributed by atoms with van der Waals surface area (Å²) in [6, 6.07) is 5.68. The van der Waals surface area contributed by atoms with Gasteiger partial charge in [-0.25, -0.2) is 9.97 Å². The summed E-state index contributed by atoms with van der Waals surface area (Å²) in [4.78, 5) is 20.4. The highest BCUT2D eigenvalue weighted by Gasteiger charge is 2.26. The number of phenols is 1. The zero-order valence-electron chi connectivity index (χ0n) is 18.1. The molecule has 2 N–H and O–H groups in total. The lowest BCUT2D eigenvalue weighted by atomic mass is 9.78. The first-order chi connectivity index (χ1) is 13.5. The standard InChI is InChI=1S/C23H31N3O2S/c1-22(2,3)17-14-16(15-18(20(17)28)23(4,5)6)8-9-19(27)24-12-13-29-21-25-10-7-11-26-21/h7-11,14-15,28H,12-13H2,1-6H3,(H,24,27)/b9-8+. The molecule has 0 saturated heterocycles. The predicted octanol–water partition coefficient (Wildman–Crippen LogP) is 4.70. The molecule has 2 rings (SSSR count). The van der Waals surface area contributed by atoms with Crippen LogP contribution >= 0.6 is 11.8 Å². The Balaban J connectivity index is 2.05. The maximum atomic E-state index is 12.2. The van der Waals surface area contributed by atoms with Gasteiger partial charge in [0.25, 0.3) is 0 Å². The van der Waals surface area contributed by atoms with Gasteiger partial charge < -0.3 is 10.4 Å². The summed E-state index contributed by atoms with van der Waals surface area (Å²) in [6.45, 7) is 13.0. The molecule has 0 radical (unpaired) electrons. The fourth-order valence-electron chi connectivity index (χ4n) is 2.80. The van der Waals surface area contributed by atoms with Crippen molar-refractivity contribution in [2.24, 2.45) is 0 Å². The van der Waals surface area contributed by atoms with Crippen LogP contribution in [-0.2, 0) is 15.6 Å². The molecule has 156 valence electrons. The van der Waals surface area contributed by atoms with Gasteiger partial charge in [-0.05, 0) is 40.7 Å². The summed E-state index contributed by atoms with van der Waals surface area (Å²) in [6.07, 6.45) is 6.74. The predicted molar refractivity (Wildman–Crippen MR) is 120 cm³/mol. The minimum absolute atomic E-state index is 0.151. The van der Waals surface area contributed by atoms with Crippen molar-refractivity contribution in [1.82, 2.24) is 15.3 Å². The van der Waals surface area contributed by atoms with Crippen molar-refractivity contribution >= 4 is 23.7 Å². The highest BCUT2D eigenvalue weighted by molar-refractivity contribution is 7.99. The minimum atomic E-state index is -0.201. The van der Waals surface area contributed by atoms with Crippen molar-refractivity contribution < 1.29 is 9.90 Å². The van der Waals surface area contributed by atoms with E-state index in [1.165, 1.54) is 17.8 Å². The van der Waals surface area contributed by atoms with Crippen molar-refractivity contribution in [3.63, 3.8) is 0 Å². The maximum Gasteiger partial charge on any atom is 0.244 e. The van der Waals surface area contributed by atoms with Crippen LogP contribution in [0.1, 0.15) is 58.2 Å². The second-order valence-electron chi connectivity index (χ2n) is 8.97. The summed E-state index contributed by atoms with van der Waals surface area (Å²) < 4.78 is 0. The van der Waals surface area contributed by atoms with Crippen LogP contribution in [0.5, 0.6) is 5.75 Å². The summed E-state index contributed by atoms with van der Waals surface area (Å²) in [7, 11) is 0. The van der Waals surface area contributed by atoms with E-state index >= 15 is 0 Å². The zero-order chi connectivity index (χ0) is 21.7. The quantitative estimate of drug-likeness (QED) is 0.311. The Bertz CT molecular complexity index is 831. The first-order valence-electron chi connectivity index (χ1n) is 9.72. The summed E-state index contributed by atoms with van der Waals surface area (Å²) in [5.74, 6) is 0.888. The van der Waals surface area contributed by atoms with Crippen LogP contribution in [0.4, 0.5) is 0 Å². The first-order valence-corrected chi connectivity index (χ1v) is 10.7. The highest BCUT2D eigenvalue weighted by Crippen LogP contribution is 2.39. The van der Waals surface area contributed by atoms with Crippen molar-refractivity contribution in [3.05, 3.63) is 53.4 Å².